The van der Waals surface area contributed by atoms with Crippen LogP contribution in [0.15, 0.2) is 46.3 Å². The number of methoxy groups -OCH3 is 1. The predicted octanol–water partition coefficient (Wildman–Crippen LogP) is 5.94. The molecule has 2 aromatic carbocycles. The summed E-state index contributed by atoms with van der Waals surface area (Å²) < 4.78 is 6.77. The van der Waals surface area contributed by atoms with E-state index in [9.17, 15) is 19.7 Å². The van der Waals surface area contributed by atoms with Crippen molar-refractivity contribution in [3.63, 3.8) is 0 Å². The molecule has 2 aromatic heterocycles. The maximum Gasteiger partial charge on any atom is 0.271 e. The van der Waals surface area contributed by atoms with Crippen molar-refractivity contribution in [1.29, 1.82) is 0 Å². The molecule has 0 bridgehead atoms. The number of thiophene rings is 1. The third kappa shape index (κ3) is 4.89. The molecule has 1 aliphatic rings. The second-order valence-electron chi connectivity index (χ2n) is 8.79. The molecule has 2 heterocycles. The van der Waals surface area contributed by atoms with Crippen molar-refractivity contribution in [2.45, 2.75) is 37.8 Å². The molecule has 0 spiro atoms. The SMILES string of the molecule is COc1ccc([N+](=O)[O-])cc1NC(=O)CSc1nc2sc3c(c2c(=O)n1-c1cccc(Cl)c1C)CCCC3. The minimum Gasteiger partial charge on any atom is -0.495 e. The maximum atomic E-state index is 14.0. The van der Waals surface area contributed by atoms with Crippen LogP contribution < -0.4 is 15.6 Å². The van der Waals surface area contributed by atoms with Gasteiger partial charge in [0.05, 0.1) is 34.5 Å². The van der Waals surface area contributed by atoms with Crippen LogP contribution in [0.5, 0.6) is 5.75 Å². The van der Waals surface area contributed by atoms with Crippen molar-refractivity contribution in [3.05, 3.63) is 77.9 Å². The first-order chi connectivity index (χ1) is 18.3. The predicted molar refractivity (Wildman–Crippen MR) is 151 cm³/mol. The van der Waals surface area contributed by atoms with Crippen LogP contribution in [0.3, 0.4) is 0 Å². The number of nitrogens with one attached hydrogen (secondary N) is 1. The summed E-state index contributed by atoms with van der Waals surface area (Å²) in [7, 11) is 1.41. The second-order valence-corrected chi connectivity index (χ2v) is 11.2. The lowest BCUT2D eigenvalue weighted by atomic mass is 9.97. The molecule has 0 atom stereocenters. The van der Waals surface area contributed by atoms with Gasteiger partial charge >= 0.3 is 0 Å². The normalized spacial score (nSPS) is 12.8. The third-order valence-corrected chi connectivity index (χ3v) is 8.97. The van der Waals surface area contributed by atoms with Gasteiger partial charge < -0.3 is 10.1 Å². The van der Waals surface area contributed by atoms with Gasteiger partial charge in [-0.05, 0) is 61.9 Å². The number of carbonyl (C=O) groups excluding carboxylic acids is 1. The number of hydrogen-bond donors (Lipinski definition) is 1. The highest BCUT2D eigenvalue weighted by Gasteiger charge is 2.24. The molecule has 1 aliphatic carbocycles. The smallest absolute Gasteiger partial charge is 0.271 e. The molecule has 0 unspecified atom stereocenters. The third-order valence-electron chi connectivity index (χ3n) is 6.44. The Morgan fingerprint density at radius 3 is 2.84 bits per heavy atom. The van der Waals surface area contributed by atoms with Gasteiger partial charge in [-0.1, -0.05) is 29.4 Å². The fraction of sp³-hybridized carbons (Fsp3) is 0.269. The summed E-state index contributed by atoms with van der Waals surface area (Å²) in [4.78, 5) is 44.2. The first-order valence-corrected chi connectivity index (χ1v) is 14.0. The fourth-order valence-electron chi connectivity index (χ4n) is 4.56. The summed E-state index contributed by atoms with van der Waals surface area (Å²) in [6.45, 7) is 1.84. The highest BCUT2D eigenvalue weighted by molar-refractivity contribution is 7.99. The van der Waals surface area contributed by atoms with E-state index in [1.165, 1.54) is 34.8 Å². The van der Waals surface area contributed by atoms with Gasteiger partial charge in [0.1, 0.15) is 10.6 Å². The minimum absolute atomic E-state index is 0.0888. The van der Waals surface area contributed by atoms with Crippen molar-refractivity contribution in [1.82, 2.24) is 9.55 Å². The average Bonchev–Trinajstić information content (AvgIpc) is 3.28. The first kappa shape index (κ1) is 26.2. The van der Waals surface area contributed by atoms with E-state index in [4.69, 9.17) is 21.3 Å². The van der Waals surface area contributed by atoms with Crippen LogP contribution in [0.25, 0.3) is 15.9 Å². The van der Waals surface area contributed by atoms with Gasteiger partial charge in [-0.25, -0.2) is 4.98 Å². The summed E-state index contributed by atoms with van der Waals surface area (Å²) in [6, 6.07) is 9.32. The molecule has 0 saturated carbocycles. The molecule has 38 heavy (non-hydrogen) atoms. The molecule has 0 saturated heterocycles. The Morgan fingerprint density at radius 1 is 1.29 bits per heavy atom. The van der Waals surface area contributed by atoms with Crippen LogP contribution in [-0.4, -0.2) is 33.2 Å². The minimum atomic E-state index is -0.546. The topological polar surface area (TPSA) is 116 Å². The van der Waals surface area contributed by atoms with Gasteiger partial charge in [0, 0.05) is 22.0 Å². The Kier molecular flexibility index (Phi) is 7.42. The Labute approximate surface area is 230 Å². The number of fused-ring (bicyclic) bond motifs is 3. The molecule has 5 rings (SSSR count). The number of non-ortho nitro benzene ring substituents is 1. The number of rotatable bonds is 7. The van der Waals surface area contributed by atoms with E-state index in [0.717, 1.165) is 48.6 Å². The van der Waals surface area contributed by atoms with Crippen molar-refractivity contribution >= 4 is 62.2 Å². The Morgan fingerprint density at radius 2 is 2.08 bits per heavy atom. The lowest BCUT2D eigenvalue weighted by Gasteiger charge is -2.16. The molecule has 0 radical (unpaired) electrons. The molecule has 0 aliphatic heterocycles. The van der Waals surface area contributed by atoms with Gasteiger partial charge in [0.25, 0.3) is 11.2 Å². The van der Waals surface area contributed by atoms with Crippen LogP contribution in [0.1, 0.15) is 28.8 Å². The van der Waals surface area contributed by atoms with Crippen molar-refractivity contribution in [3.8, 4) is 11.4 Å². The number of anilines is 1. The number of ether oxygens (including phenoxy) is 1. The number of halogens is 1. The van der Waals surface area contributed by atoms with Crippen LogP contribution in [-0.2, 0) is 17.6 Å². The zero-order valence-corrected chi connectivity index (χ0v) is 23.0. The van der Waals surface area contributed by atoms with Crippen LogP contribution in [0.4, 0.5) is 11.4 Å². The summed E-state index contributed by atoms with van der Waals surface area (Å²) in [6.07, 6.45) is 3.90. The number of nitro benzene ring substituents is 1. The molecule has 12 heteroatoms. The Bertz CT molecular complexity index is 1650. The highest BCUT2D eigenvalue weighted by atomic mass is 35.5. The first-order valence-electron chi connectivity index (χ1n) is 11.9. The second kappa shape index (κ2) is 10.8. The zero-order chi connectivity index (χ0) is 27.0. The largest absolute Gasteiger partial charge is 0.495 e. The number of aryl methyl sites for hydroxylation is 2. The standard InChI is InChI=1S/C26H23ClN4O5S2/c1-14-17(27)7-5-8-19(14)30-25(33)23-16-6-3-4-9-21(16)38-24(23)29-26(30)37-13-22(32)28-18-12-15(31(34)35)10-11-20(18)36-2/h5,7-8,10-12H,3-4,6,9,13H2,1-2H3,(H,28,32). The van der Waals surface area contributed by atoms with Gasteiger partial charge in [0.15, 0.2) is 5.16 Å². The summed E-state index contributed by atoms with van der Waals surface area (Å²) in [5.74, 6) is -0.221. The molecule has 4 aromatic rings. The maximum absolute atomic E-state index is 14.0. The monoisotopic (exact) mass is 570 g/mol. The summed E-state index contributed by atoms with van der Waals surface area (Å²) in [5.41, 5.74) is 2.25. The number of carbonyl (C=O) groups is 1. The Hall–Kier alpha value is -3.41. The van der Waals surface area contributed by atoms with Crippen LogP contribution >= 0.6 is 34.7 Å². The number of amides is 1. The fourth-order valence-corrected chi connectivity index (χ4v) is 6.84. The molecular weight excluding hydrogens is 548 g/mol. The summed E-state index contributed by atoms with van der Waals surface area (Å²) in [5, 5.41) is 15.4. The van der Waals surface area contributed by atoms with E-state index in [1.54, 1.807) is 23.5 Å². The van der Waals surface area contributed by atoms with Gasteiger partial charge in [-0.15, -0.1) is 11.3 Å². The Balaban J connectivity index is 1.53. The number of nitro groups is 1. The number of benzene rings is 2. The molecule has 1 amide bonds. The van der Waals surface area contributed by atoms with E-state index in [1.807, 2.05) is 13.0 Å². The zero-order valence-electron chi connectivity index (χ0n) is 20.6. The molecule has 196 valence electrons. The van der Waals surface area contributed by atoms with Crippen molar-refractivity contribution in [2.24, 2.45) is 0 Å². The number of nitrogens with zero attached hydrogens (tertiary/aromatic N) is 3. The number of aromatic nitrogens is 2. The van der Waals surface area contributed by atoms with E-state index >= 15 is 0 Å². The molecule has 0 fully saturated rings. The molecule has 1 N–H and O–H groups in total. The number of hydrogen-bond acceptors (Lipinski definition) is 8. The van der Waals surface area contributed by atoms with E-state index < -0.39 is 10.8 Å². The molecule has 9 nitrogen and oxygen atoms in total. The van der Waals surface area contributed by atoms with Gasteiger partial charge in [-0.2, -0.15) is 0 Å². The quantitative estimate of drug-likeness (QED) is 0.126. The van der Waals surface area contributed by atoms with E-state index in [-0.39, 0.29) is 22.7 Å². The lowest BCUT2D eigenvalue weighted by molar-refractivity contribution is -0.384. The van der Waals surface area contributed by atoms with E-state index in [2.05, 4.69) is 5.32 Å². The van der Waals surface area contributed by atoms with Crippen molar-refractivity contribution in [2.75, 3.05) is 18.2 Å². The lowest BCUT2D eigenvalue weighted by Crippen LogP contribution is -2.24. The van der Waals surface area contributed by atoms with Crippen LogP contribution in [0, 0.1) is 17.0 Å². The van der Waals surface area contributed by atoms with E-state index in [0.29, 0.717) is 31.8 Å². The van der Waals surface area contributed by atoms with Gasteiger partial charge in [-0.3, -0.25) is 24.3 Å². The highest BCUT2D eigenvalue weighted by Crippen LogP contribution is 2.36. The van der Waals surface area contributed by atoms with Gasteiger partial charge in [0.2, 0.25) is 5.91 Å². The average molecular weight is 571 g/mol. The summed E-state index contributed by atoms with van der Waals surface area (Å²) >= 11 is 9.05. The molecular formula is C26H23ClN4O5S2. The van der Waals surface area contributed by atoms with Crippen molar-refractivity contribution < 1.29 is 14.5 Å². The number of thioether (sulfide) groups is 1. The van der Waals surface area contributed by atoms with Crippen LogP contribution in [0.2, 0.25) is 5.02 Å².